The van der Waals surface area contributed by atoms with Crippen LogP contribution in [0.1, 0.15) is 17.5 Å². The number of benzene rings is 2. The summed E-state index contributed by atoms with van der Waals surface area (Å²) in [6.07, 6.45) is 5.46. The first-order valence-electron chi connectivity index (χ1n) is 7.69. The van der Waals surface area contributed by atoms with Crippen molar-refractivity contribution >= 4 is 33.7 Å². The summed E-state index contributed by atoms with van der Waals surface area (Å²) in [6.45, 7) is 0. The summed E-state index contributed by atoms with van der Waals surface area (Å²) in [6, 6.07) is 16.4. The molecule has 2 aromatic carbocycles. The second kappa shape index (κ2) is 5.41. The summed E-state index contributed by atoms with van der Waals surface area (Å²) in [5.41, 5.74) is 9.47. The van der Waals surface area contributed by atoms with E-state index in [2.05, 4.69) is 34.6 Å². The highest BCUT2D eigenvalue weighted by Gasteiger charge is 2.38. The number of fused-ring (bicyclic) bond motifs is 2. The Morgan fingerprint density at radius 3 is 2.91 bits per heavy atom. The van der Waals surface area contributed by atoms with Gasteiger partial charge in [-0.2, -0.15) is 0 Å². The van der Waals surface area contributed by atoms with Gasteiger partial charge in [0.25, 0.3) is 0 Å². The summed E-state index contributed by atoms with van der Waals surface area (Å²) >= 11 is 5.66. The SMILES string of the molecule is NC1(C(=S)Nc2ccc3cnccc3c2)CCc2ccccc21. The van der Waals surface area contributed by atoms with Crippen LogP contribution in [0.5, 0.6) is 0 Å². The molecule has 1 aliphatic carbocycles. The van der Waals surface area contributed by atoms with E-state index in [1.54, 1.807) is 6.20 Å². The van der Waals surface area contributed by atoms with Crippen molar-refractivity contribution < 1.29 is 0 Å². The second-order valence-corrected chi connectivity index (χ2v) is 6.43. The number of nitrogens with zero attached hydrogens (tertiary/aromatic N) is 1. The van der Waals surface area contributed by atoms with Crippen LogP contribution >= 0.6 is 12.2 Å². The van der Waals surface area contributed by atoms with Crippen molar-refractivity contribution in [2.45, 2.75) is 18.4 Å². The molecular weight excluding hydrogens is 302 g/mol. The van der Waals surface area contributed by atoms with E-state index in [1.165, 1.54) is 5.56 Å². The molecule has 1 aliphatic rings. The highest BCUT2D eigenvalue weighted by Crippen LogP contribution is 2.36. The first-order valence-corrected chi connectivity index (χ1v) is 8.10. The fourth-order valence-corrected chi connectivity index (χ4v) is 3.61. The summed E-state index contributed by atoms with van der Waals surface area (Å²) in [7, 11) is 0. The van der Waals surface area contributed by atoms with E-state index in [4.69, 9.17) is 18.0 Å². The Labute approximate surface area is 140 Å². The molecule has 3 nitrogen and oxygen atoms in total. The van der Waals surface area contributed by atoms with E-state index >= 15 is 0 Å². The number of nitrogens with two attached hydrogens (primary N) is 1. The minimum Gasteiger partial charge on any atom is -0.348 e. The lowest BCUT2D eigenvalue weighted by Crippen LogP contribution is -2.45. The van der Waals surface area contributed by atoms with Crippen LogP contribution in [-0.2, 0) is 12.0 Å². The molecule has 0 spiro atoms. The van der Waals surface area contributed by atoms with Crippen molar-refractivity contribution in [3.63, 3.8) is 0 Å². The monoisotopic (exact) mass is 319 g/mol. The van der Waals surface area contributed by atoms with Gasteiger partial charge in [0.2, 0.25) is 0 Å². The van der Waals surface area contributed by atoms with E-state index in [9.17, 15) is 0 Å². The van der Waals surface area contributed by atoms with E-state index in [0.717, 1.165) is 34.9 Å². The topological polar surface area (TPSA) is 50.9 Å². The molecule has 0 amide bonds. The Hall–Kier alpha value is -2.30. The van der Waals surface area contributed by atoms with Crippen molar-refractivity contribution in [3.05, 3.63) is 72.1 Å². The first-order chi connectivity index (χ1) is 11.2. The molecule has 1 heterocycles. The zero-order chi connectivity index (χ0) is 15.9. The molecule has 23 heavy (non-hydrogen) atoms. The van der Waals surface area contributed by atoms with Crippen LogP contribution in [-0.4, -0.2) is 9.97 Å². The van der Waals surface area contributed by atoms with Crippen molar-refractivity contribution in [3.8, 4) is 0 Å². The molecule has 0 saturated carbocycles. The van der Waals surface area contributed by atoms with E-state index < -0.39 is 5.54 Å². The largest absolute Gasteiger partial charge is 0.348 e. The third-order valence-electron chi connectivity index (χ3n) is 4.59. The van der Waals surface area contributed by atoms with Crippen molar-refractivity contribution in [2.75, 3.05) is 5.32 Å². The van der Waals surface area contributed by atoms with Crippen LogP contribution in [0.2, 0.25) is 0 Å². The molecule has 4 heteroatoms. The molecule has 1 unspecified atom stereocenters. The predicted molar refractivity (Wildman–Crippen MR) is 98.6 cm³/mol. The fourth-order valence-electron chi connectivity index (χ4n) is 3.28. The zero-order valence-corrected chi connectivity index (χ0v) is 13.4. The lowest BCUT2D eigenvalue weighted by Gasteiger charge is -2.27. The summed E-state index contributed by atoms with van der Waals surface area (Å²) in [5.74, 6) is 0. The van der Waals surface area contributed by atoms with Crippen molar-refractivity contribution in [2.24, 2.45) is 5.73 Å². The Morgan fingerprint density at radius 1 is 1.13 bits per heavy atom. The number of pyridine rings is 1. The maximum atomic E-state index is 6.66. The molecule has 0 aliphatic heterocycles. The zero-order valence-electron chi connectivity index (χ0n) is 12.6. The Balaban J connectivity index is 1.64. The van der Waals surface area contributed by atoms with Crippen LogP contribution < -0.4 is 11.1 Å². The number of hydrogen-bond acceptors (Lipinski definition) is 3. The summed E-state index contributed by atoms with van der Waals surface area (Å²) in [5, 5.41) is 5.58. The van der Waals surface area contributed by atoms with Gasteiger partial charge in [0.15, 0.2) is 0 Å². The van der Waals surface area contributed by atoms with Crippen molar-refractivity contribution in [1.82, 2.24) is 4.98 Å². The van der Waals surface area contributed by atoms with Gasteiger partial charge in [-0.15, -0.1) is 0 Å². The maximum Gasteiger partial charge on any atom is 0.105 e. The average Bonchev–Trinajstić information content (AvgIpc) is 2.94. The lowest BCUT2D eigenvalue weighted by molar-refractivity contribution is 0.603. The summed E-state index contributed by atoms with van der Waals surface area (Å²) in [4.78, 5) is 4.81. The van der Waals surface area contributed by atoms with Crippen LogP contribution in [0, 0.1) is 0 Å². The second-order valence-electron chi connectivity index (χ2n) is 6.02. The van der Waals surface area contributed by atoms with Gasteiger partial charge >= 0.3 is 0 Å². The van der Waals surface area contributed by atoms with Crippen LogP contribution in [0.15, 0.2) is 60.9 Å². The third kappa shape index (κ3) is 2.40. The van der Waals surface area contributed by atoms with Gasteiger partial charge in [0.05, 0.1) is 5.54 Å². The van der Waals surface area contributed by atoms with Crippen LogP contribution in [0.4, 0.5) is 5.69 Å². The number of aryl methyl sites for hydroxylation is 1. The van der Waals surface area contributed by atoms with Gasteiger partial charge in [-0.1, -0.05) is 42.5 Å². The molecule has 3 N–H and O–H groups in total. The Bertz CT molecular complexity index is 906. The summed E-state index contributed by atoms with van der Waals surface area (Å²) < 4.78 is 0. The number of anilines is 1. The highest BCUT2D eigenvalue weighted by atomic mass is 32.1. The quantitative estimate of drug-likeness (QED) is 0.706. The van der Waals surface area contributed by atoms with Gasteiger partial charge in [-0.05, 0) is 47.6 Å². The van der Waals surface area contributed by atoms with Gasteiger partial charge in [0.1, 0.15) is 4.99 Å². The van der Waals surface area contributed by atoms with Crippen LogP contribution in [0.25, 0.3) is 10.8 Å². The van der Waals surface area contributed by atoms with Gasteiger partial charge in [-0.3, -0.25) is 4.98 Å². The third-order valence-corrected chi connectivity index (χ3v) is 5.06. The molecule has 0 radical (unpaired) electrons. The molecule has 0 bridgehead atoms. The number of thiocarbonyl (C=S) groups is 1. The van der Waals surface area contributed by atoms with Crippen LogP contribution in [0.3, 0.4) is 0 Å². The van der Waals surface area contributed by atoms with Gasteiger partial charge < -0.3 is 11.1 Å². The molecule has 0 saturated heterocycles. The smallest absolute Gasteiger partial charge is 0.105 e. The van der Waals surface area contributed by atoms with Crippen molar-refractivity contribution in [1.29, 1.82) is 0 Å². The minimum absolute atomic E-state index is 0.584. The Morgan fingerprint density at radius 2 is 2.00 bits per heavy atom. The molecule has 1 atom stereocenters. The average molecular weight is 319 g/mol. The standard InChI is InChI=1S/C19H17N3S/c20-19(9-7-13-3-1-2-4-17(13)19)18(23)22-16-6-5-15-12-21-10-8-14(15)11-16/h1-6,8,10-12H,7,9,20H2,(H,22,23). The Kier molecular flexibility index (Phi) is 3.36. The van der Waals surface area contributed by atoms with Gasteiger partial charge in [0, 0.05) is 23.5 Å². The minimum atomic E-state index is -0.584. The molecule has 4 rings (SSSR count). The highest BCUT2D eigenvalue weighted by molar-refractivity contribution is 7.80. The molecule has 3 aromatic rings. The number of nitrogens with one attached hydrogen (secondary N) is 1. The molecule has 1 aromatic heterocycles. The molecule has 114 valence electrons. The first kappa shape index (κ1) is 14.3. The number of rotatable bonds is 2. The molecular formula is C19H17N3S. The van der Waals surface area contributed by atoms with E-state index in [1.807, 2.05) is 30.5 Å². The van der Waals surface area contributed by atoms with E-state index in [-0.39, 0.29) is 0 Å². The normalized spacial score (nSPS) is 19.5. The number of aromatic nitrogens is 1. The molecule has 0 fully saturated rings. The van der Waals surface area contributed by atoms with E-state index in [0.29, 0.717) is 4.99 Å². The fraction of sp³-hybridized carbons (Fsp3) is 0.158. The van der Waals surface area contributed by atoms with Gasteiger partial charge in [-0.25, -0.2) is 0 Å². The lowest BCUT2D eigenvalue weighted by atomic mass is 9.92. The predicted octanol–water partition coefficient (Wildman–Crippen LogP) is 3.77. The number of hydrogen-bond donors (Lipinski definition) is 2. The maximum absolute atomic E-state index is 6.66.